The summed E-state index contributed by atoms with van der Waals surface area (Å²) in [6.45, 7) is 3.40. The molecule has 1 aliphatic heterocycles. The first-order valence-corrected chi connectivity index (χ1v) is 7.23. The molecule has 0 spiro atoms. The van der Waals surface area contributed by atoms with Gasteiger partial charge in [0.1, 0.15) is 0 Å². The Hall–Kier alpha value is -1.82. The minimum absolute atomic E-state index is 0.188. The van der Waals surface area contributed by atoms with Crippen molar-refractivity contribution in [1.82, 2.24) is 4.90 Å². The molecule has 2 N–H and O–H groups in total. The van der Waals surface area contributed by atoms with Crippen LogP contribution in [-0.2, 0) is 10.9 Å². The van der Waals surface area contributed by atoms with Gasteiger partial charge in [0.25, 0.3) is 0 Å². The fourth-order valence-electron chi connectivity index (χ4n) is 2.38. The molecule has 0 aliphatic carbocycles. The van der Waals surface area contributed by atoms with Gasteiger partial charge in [-0.05, 0) is 18.2 Å². The molecular formula is C15H18F3N3O2. The zero-order valence-electron chi connectivity index (χ0n) is 12.4. The molecule has 0 saturated carbocycles. The van der Waals surface area contributed by atoms with E-state index in [-0.39, 0.29) is 6.54 Å². The zero-order valence-corrected chi connectivity index (χ0v) is 12.4. The van der Waals surface area contributed by atoms with Gasteiger partial charge in [0, 0.05) is 31.9 Å². The molecule has 126 valence electrons. The summed E-state index contributed by atoms with van der Waals surface area (Å²) in [5.74, 6) is 0. The highest BCUT2D eigenvalue weighted by molar-refractivity contribution is 5.53. The number of nitrogens with zero attached hydrogens (tertiary/aromatic N) is 2. The number of aliphatic hydroxyl groups is 1. The zero-order chi connectivity index (χ0) is 16.9. The van der Waals surface area contributed by atoms with E-state index in [0.29, 0.717) is 25.4 Å². The van der Waals surface area contributed by atoms with Crippen molar-refractivity contribution in [1.29, 1.82) is 5.26 Å². The summed E-state index contributed by atoms with van der Waals surface area (Å²) >= 11 is 0. The predicted molar refractivity (Wildman–Crippen MR) is 77.9 cm³/mol. The first kappa shape index (κ1) is 17.5. The molecule has 1 saturated heterocycles. The summed E-state index contributed by atoms with van der Waals surface area (Å²) in [5, 5.41) is 21.7. The second-order valence-corrected chi connectivity index (χ2v) is 5.32. The lowest BCUT2D eigenvalue weighted by Gasteiger charge is -2.28. The number of aliphatic hydroxyl groups excluding tert-OH is 1. The molecule has 1 unspecified atom stereocenters. The van der Waals surface area contributed by atoms with Crippen LogP contribution in [0.5, 0.6) is 0 Å². The number of β-amino-alcohol motifs (C(OH)–C–C–N with tert-alkyl or cyclic N) is 1. The van der Waals surface area contributed by atoms with E-state index in [0.717, 1.165) is 25.2 Å². The number of nitriles is 1. The Morgan fingerprint density at radius 1 is 1.35 bits per heavy atom. The quantitative estimate of drug-likeness (QED) is 0.860. The molecule has 1 atom stereocenters. The normalized spacial score (nSPS) is 17.5. The lowest BCUT2D eigenvalue weighted by atomic mass is 10.1. The third-order valence-corrected chi connectivity index (χ3v) is 3.56. The first-order valence-electron chi connectivity index (χ1n) is 7.23. The lowest BCUT2D eigenvalue weighted by Crippen LogP contribution is -2.42. The summed E-state index contributed by atoms with van der Waals surface area (Å²) in [6.07, 6.45) is -5.22. The van der Waals surface area contributed by atoms with Gasteiger partial charge in [-0.15, -0.1) is 0 Å². The molecule has 1 aliphatic rings. The van der Waals surface area contributed by atoms with E-state index in [9.17, 15) is 18.3 Å². The number of ether oxygens (including phenoxy) is 1. The highest BCUT2D eigenvalue weighted by atomic mass is 19.4. The van der Waals surface area contributed by atoms with E-state index in [1.165, 1.54) is 6.07 Å². The van der Waals surface area contributed by atoms with Crippen LogP contribution in [0.25, 0.3) is 0 Å². The fourth-order valence-corrected chi connectivity index (χ4v) is 2.38. The van der Waals surface area contributed by atoms with Crippen LogP contribution in [0.2, 0.25) is 0 Å². The summed E-state index contributed by atoms with van der Waals surface area (Å²) in [4.78, 5) is 2.06. The van der Waals surface area contributed by atoms with E-state index in [1.807, 2.05) is 0 Å². The number of hydrogen-bond donors (Lipinski definition) is 2. The van der Waals surface area contributed by atoms with Gasteiger partial charge in [0.05, 0.1) is 36.5 Å². The Morgan fingerprint density at radius 2 is 2.04 bits per heavy atom. The number of halogens is 3. The van der Waals surface area contributed by atoms with Crippen molar-refractivity contribution < 1.29 is 23.0 Å². The first-order chi connectivity index (χ1) is 10.9. The van der Waals surface area contributed by atoms with Gasteiger partial charge in [-0.25, -0.2) is 0 Å². The van der Waals surface area contributed by atoms with Gasteiger partial charge < -0.3 is 15.2 Å². The summed E-state index contributed by atoms with van der Waals surface area (Å²) in [5.41, 5.74) is -1.03. The van der Waals surface area contributed by atoms with Crippen LogP contribution in [0.4, 0.5) is 18.9 Å². The van der Waals surface area contributed by atoms with E-state index >= 15 is 0 Å². The molecule has 23 heavy (non-hydrogen) atoms. The SMILES string of the molecule is N#Cc1cc(NCC(O)CN2CCOCC2)ccc1C(F)(F)F. The van der Waals surface area contributed by atoms with Crippen molar-refractivity contribution in [2.24, 2.45) is 0 Å². The van der Waals surface area contributed by atoms with Gasteiger partial charge in [-0.1, -0.05) is 0 Å². The maximum atomic E-state index is 12.7. The molecule has 1 fully saturated rings. The molecular weight excluding hydrogens is 311 g/mol. The Morgan fingerprint density at radius 3 is 2.65 bits per heavy atom. The Bertz CT molecular complexity index is 566. The highest BCUT2D eigenvalue weighted by Crippen LogP contribution is 2.32. The van der Waals surface area contributed by atoms with Gasteiger partial charge in [-0.3, -0.25) is 4.90 Å². The number of nitrogens with one attached hydrogen (secondary N) is 1. The van der Waals surface area contributed by atoms with Crippen LogP contribution in [0.15, 0.2) is 18.2 Å². The van der Waals surface area contributed by atoms with E-state index in [4.69, 9.17) is 10.00 Å². The molecule has 8 heteroatoms. The molecule has 1 aromatic rings. The monoisotopic (exact) mass is 329 g/mol. The average Bonchev–Trinajstić information content (AvgIpc) is 2.52. The standard InChI is InChI=1S/C15H18F3N3O2/c16-15(17,18)14-2-1-12(7-11(14)8-19)20-9-13(22)10-21-3-5-23-6-4-21/h1-2,7,13,20,22H,3-6,9-10H2. The van der Waals surface area contributed by atoms with Crippen LogP contribution in [0.1, 0.15) is 11.1 Å². The van der Waals surface area contributed by atoms with Gasteiger partial charge in [0.2, 0.25) is 0 Å². The highest BCUT2D eigenvalue weighted by Gasteiger charge is 2.33. The number of rotatable bonds is 5. The van der Waals surface area contributed by atoms with Crippen LogP contribution >= 0.6 is 0 Å². The summed E-state index contributed by atoms with van der Waals surface area (Å²) in [7, 11) is 0. The van der Waals surface area contributed by atoms with Gasteiger partial charge >= 0.3 is 6.18 Å². The molecule has 0 amide bonds. The van der Waals surface area contributed by atoms with Crippen molar-refractivity contribution in [3.05, 3.63) is 29.3 Å². The number of benzene rings is 1. The molecule has 5 nitrogen and oxygen atoms in total. The van der Waals surface area contributed by atoms with E-state index < -0.39 is 23.4 Å². The summed E-state index contributed by atoms with van der Waals surface area (Å²) < 4.78 is 43.4. The van der Waals surface area contributed by atoms with Crippen molar-refractivity contribution in [2.45, 2.75) is 12.3 Å². The molecule has 1 heterocycles. The fraction of sp³-hybridized carbons (Fsp3) is 0.533. The second kappa shape index (κ2) is 7.64. The van der Waals surface area contributed by atoms with Crippen molar-refractivity contribution in [3.8, 4) is 6.07 Å². The van der Waals surface area contributed by atoms with Gasteiger partial charge in [0.15, 0.2) is 0 Å². The van der Waals surface area contributed by atoms with Crippen LogP contribution in [0.3, 0.4) is 0 Å². The minimum atomic E-state index is -4.56. The Labute approximate surface area is 132 Å². The van der Waals surface area contributed by atoms with Crippen LogP contribution < -0.4 is 5.32 Å². The Balaban J connectivity index is 1.91. The molecule has 2 rings (SSSR count). The maximum absolute atomic E-state index is 12.7. The van der Waals surface area contributed by atoms with E-state index in [1.54, 1.807) is 6.07 Å². The number of alkyl halides is 3. The molecule has 0 radical (unpaired) electrons. The average molecular weight is 329 g/mol. The molecule has 0 bridgehead atoms. The lowest BCUT2D eigenvalue weighted by molar-refractivity contribution is -0.137. The van der Waals surface area contributed by atoms with E-state index in [2.05, 4.69) is 10.2 Å². The van der Waals surface area contributed by atoms with Crippen molar-refractivity contribution >= 4 is 5.69 Å². The number of morpholine rings is 1. The van der Waals surface area contributed by atoms with Crippen molar-refractivity contribution in [2.75, 3.05) is 44.7 Å². The topological polar surface area (TPSA) is 68.5 Å². The Kier molecular flexibility index (Phi) is 5.82. The second-order valence-electron chi connectivity index (χ2n) is 5.32. The third kappa shape index (κ3) is 5.10. The maximum Gasteiger partial charge on any atom is 0.417 e. The van der Waals surface area contributed by atoms with Crippen LogP contribution in [0, 0.1) is 11.3 Å². The third-order valence-electron chi connectivity index (χ3n) is 3.56. The summed E-state index contributed by atoms with van der Waals surface area (Å²) in [6, 6.07) is 4.82. The number of anilines is 1. The smallest absolute Gasteiger partial charge is 0.390 e. The molecule has 0 aromatic heterocycles. The minimum Gasteiger partial charge on any atom is -0.390 e. The predicted octanol–water partition coefficient (Wildman–Crippen LogP) is 1.68. The largest absolute Gasteiger partial charge is 0.417 e. The number of hydrogen-bond acceptors (Lipinski definition) is 5. The molecule has 1 aromatic carbocycles. The van der Waals surface area contributed by atoms with Gasteiger partial charge in [-0.2, -0.15) is 18.4 Å². The van der Waals surface area contributed by atoms with Crippen LogP contribution in [-0.4, -0.2) is 55.5 Å². The van der Waals surface area contributed by atoms with Crippen molar-refractivity contribution in [3.63, 3.8) is 0 Å².